The smallest absolute Gasteiger partial charge is 0.252 e. The zero-order valence-corrected chi connectivity index (χ0v) is 20.1. The summed E-state index contributed by atoms with van der Waals surface area (Å²) in [5, 5.41) is 3.34. The molecule has 1 N–H and O–H groups in total. The molecule has 1 aliphatic rings. The first kappa shape index (κ1) is 23.7. The number of rotatable bonds is 6. The van der Waals surface area contributed by atoms with Gasteiger partial charge < -0.3 is 10.2 Å². The monoisotopic (exact) mass is 483 g/mol. The van der Waals surface area contributed by atoms with E-state index in [0.29, 0.717) is 14.8 Å². The van der Waals surface area contributed by atoms with Crippen molar-refractivity contribution in [3.05, 3.63) is 51.9 Å². The van der Waals surface area contributed by atoms with E-state index in [0.717, 1.165) is 4.88 Å². The van der Waals surface area contributed by atoms with E-state index in [-0.39, 0.29) is 43.9 Å². The maximum atomic E-state index is 13.1. The lowest BCUT2D eigenvalue weighted by atomic mass is 10.0. The van der Waals surface area contributed by atoms with Gasteiger partial charge in [0.15, 0.2) is 0 Å². The number of thiophene rings is 1. The van der Waals surface area contributed by atoms with Gasteiger partial charge >= 0.3 is 0 Å². The Morgan fingerprint density at radius 1 is 1.03 bits per heavy atom. The Labute approximate surface area is 192 Å². The zero-order chi connectivity index (χ0) is 22.8. The SMILES string of the molecule is Cc1ccc(S(=O)(=O)N2CCN(C(=O)C(NC(=O)c3ccc(Cl)cc3)C(C)C)CC2)s1. The number of piperazine rings is 1. The van der Waals surface area contributed by atoms with Gasteiger partial charge in [0.05, 0.1) is 0 Å². The first-order chi connectivity index (χ1) is 14.6. The minimum Gasteiger partial charge on any atom is -0.340 e. The number of nitrogens with one attached hydrogen (secondary N) is 1. The van der Waals surface area contributed by atoms with Crippen molar-refractivity contribution in [3.8, 4) is 0 Å². The minimum atomic E-state index is -3.55. The molecular weight excluding hydrogens is 458 g/mol. The van der Waals surface area contributed by atoms with Crippen molar-refractivity contribution in [2.45, 2.75) is 31.0 Å². The number of halogens is 1. The molecule has 3 rings (SSSR count). The van der Waals surface area contributed by atoms with Crippen molar-refractivity contribution in [2.75, 3.05) is 26.2 Å². The van der Waals surface area contributed by atoms with E-state index >= 15 is 0 Å². The van der Waals surface area contributed by atoms with Crippen molar-refractivity contribution in [1.29, 1.82) is 0 Å². The van der Waals surface area contributed by atoms with Gasteiger partial charge in [0, 0.05) is 41.6 Å². The summed E-state index contributed by atoms with van der Waals surface area (Å²) in [5.74, 6) is -0.682. The molecule has 0 bridgehead atoms. The molecule has 10 heteroatoms. The molecule has 2 heterocycles. The van der Waals surface area contributed by atoms with Gasteiger partial charge in [0.2, 0.25) is 5.91 Å². The standard InChI is InChI=1S/C21H26ClN3O4S2/c1-14(2)19(23-20(26)16-5-7-17(22)8-6-16)21(27)24-10-12-25(13-11-24)31(28,29)18-9-4-15(3)30-18/h4-9,14,19H,10-13H2,1-3H3,(H,23,26). The quantitative estimate of drug-likeness (QED) is 0.684. The van der Waals surface area contributed by atoms with E-state index in [9.17, 15) is 18.0 Å². The van der Waals surface area contributed by atoms with Gasteiger partial charge in [0.1, 0.15) is 10.3 Å². The molecule has 1 aliphatic heterocycles. The van der Waals surface area contributed by atoms with Crippen LogP contribution in [0, 0.1) is 12.8 Å². The fourth-order valence-electron chi connectivity index (χ4n) is 3.36. The Morgan fingerprint density at radius 3 is 2.16 bits per heavy atom. The molecule has 1 unspecified atom stereocenters. The molecule has 1 aromatic heterocycles. The lowest BCUT2D eigenvalue weighted by Gasteiger charge is -2.36. The zero-order valence-electron chi connectivity index (χ0n) is 17.7. The third-order valence-electron chi connectivity index (χ3n) is 5.19. The van der Waals surface area contributed by atoms with E-state index in [1.54, 1.807) is 41.3 Å². The van der Waals surface area contributed by atoms with Gasteiger partial charge in [-0.15, -0.1) is 11.3 Å². The summed E-state index contributed by atoms with van der Waals surface area (Å²) < 4.78 is 27.4. The summed E-state index contributed by atoms with van der Waals surface area (Å²) in [6.45, 7) is 6.60. The van der Waals surface area contributed by atoms with Crippen molar-refractivity contribution >= 4 is 44.8 Å². The first-order valence-electron chi connectivity index (χ1n) is 10.0. The molecule has 1 fully saturated rings. The van der Waals surface area contributed by atoms with Gasteiger partial charge in [-0.05, 0) is 49.2 Å². The molecule has 0 saturated carbocycles. The second-order valence-electron chi connectivity index (χ2n) is 7.80. The molecule has 1 atom stereocenters. The number of nitrogens with zero attached hydrogens (tertiary/aromatic N) is 2. The highest BCUT2D eigenvalue weighted by Crippen LogP contribution is 2.25. The molecule has 0 aliphatic carbocycles. The highest BCUT2D eigenvalue weighted by Gasteiger charge is 2.34. The van der Waals surface area contributed by atoms with Crippen molar-refractivity contribution in [2.24, 2.45) is 5.92 Å². The van der Waals surface area contributed by atoms with Crippen LogP contribution < -0.4 is 5.32 Å². The Kier molecular flexibility index (Phi) is 7.41. The van der Waals surface area contributed by atoms with Crippen LogP contribution >= 0.6 is 22.9 Å². The Balaban J connectivity index is 1.64. The molecule has 168 valence electrons. The molecule has 1 aromatic carbocycles. The average Bonchev–Trinajstić information content (AvgIpc) is 3.19. The molecule has 2 amide bonds. The van der Waals surface area contributed by atoms with Gasteiger partial charge in [0.25, 0.3) is 15.9 Å². The Hall–Kier alpha value is -1.94. The fraction of sp³-hybridized carbons (Fsp3) is 0.429. The van der Waals surface area contributed by atoms with Crippen LogP contribution in [-0.4, -0.2) is 61.7 Å². The van der Waals surface area contributed by atoms with Crippen LogP contribution in [0.4, 0.5) is 0 Å². The second kappa shape index (κ2) is 9.68. The average molecular weight is 484 g/mol. The summed E-state index contributed by atoms with van der Waals surface area (Å²) in [6.07, 6.45) is 0. The Bertz CT molecular complexity index is 1040. The highest BCUT2D eigenvalue weighted by molar-refractivity contribution is 7.91. The van der Waals surface area contributed by atoms with Crippen LogP contribution in [0.25, 0.3) is 0 Å². The fourth-order valence-corrected chi connectivity index (χ4v) is 6.35. The van der Waals surface area contributed by atoms with E-state index in [2.05, 4.69) is 5.32 Å². The normalized spacial score (nSPS) is 16.4. The van der Waals surface area contributed by atoms with Crippen LogP contribution in [0.1, 0.15) is 29.1 Å². The number of carbonyl (C=O) groups excluding carboxylic acids is 2. The molecule has 7 nitrogen and oxygen atoms in total. The molecule has 1 saturated heterocycles. The number of hydrogen-bond donors (Lipinski definition) is 1. The van der Waals surface area contributed by atoms with Gasteiger partial charge in [-0.3, -0.25) is 9.59 Å². The van der Waals surface area contributed by atoms with Gasteiger partial charge in [-0.2, -0.15) is 4.31 Å². The molecule has 2 aromatic rings. The maximum Gasteiger partial charge on any atom is 0.252 e. The third-order valence-corrected chi connectivity index (χ3v) is 8.80. The number of carbonyl (C=O) groups is 2. The highest BCUT2D eigenvalue weighted by atomic mass is 35.5. The van der Waals surface area contributed by atoms with Crippen molar-refractivity contribution in [3.63, 3.8) is 0 Å². The largest absolute Gasteiger partial charge is 0.340 e. The molecule has 0 spiro atoms. The molecule has 31 heavy (non-hydrogen) atoms. The summed E-state index contributed by atoms with van der Waals surface area (Å²) in [7, 11) is -3.55. The second-order valence-corrected chi connectivity index (χ2v) is 11.7. The summed E-state index contributed by atoms with van der Waals surface area (Å²) in [5.41, 5.74) is 0.421. The van der Waals surface area contributed by atoms with Crippen LogP contribution in [0.15, 0.2) is 40.6 Å². The van der Waals surface area contributed by atoms with Gasteiger partial charge in [-0.1, -0.05) is 25.4 Å². The number of benzene rings is 1. The lowest BCUT2D eigenvalue weighted by Crippen LogP contribution is -2.57. The predicted octanol–water partition coefficient (Wildman–Crippen LogP) is 3.00. The number of aryl methyl sites for hydroxylation is 1. The summed E-state index contributed by atoms with van der Waals surface area (Å²) in [6, 6.07) is 9.16. The number of hydrogen-bond acceptors (Lipinski definition) is 5. The van der Waals surface area contributed by atoms with E-state index in [1.165, 1.54) is 15.6 Å². The van der Waals surface area contributed by atoms with E-state index in [1.807, 2.05) is 20.8 Å². The lowest BCUT2D eigenvalue weighted by molar-refractivity contribution is -0.135. The van der Waals surface area contributed by atoms with Crippen molar-refractivity contribution in [1.82, 2.24) is 14.5 Å². The predicted molar refractivity (Wildman–Crippen MR) is 122 cm³/mol. The summed E-state index contributed by atoms with van der Waals surface area (Å²) >= 11 is 7.11. The topological polar surface area (TPSA) is 86.8 Å². The number of sulfonamides is 1. The minimum absolute atomic E-state index is 0.125. The maximum absolute atomic E-state index is 13.1. The Morgan fingerprint density at radius 2 is 1.65 bits per heavy atom. The van der Waals surface area contributed by atoms with Crippen LogP contribution in [-0.2, 0) is 14.8 Å². The molecule has 0 radical (unpaired) electrons. The third kappa shape index (κ3) is 5.46. The van der Waals surface area contributed by atoms with E-state index < -0.39 is 16.1 Å². The van der Waals surface area contributed by atoms with Crippen LogP contribution in [0.5, 0.6) is 0 Å². The summed E-state index contributed by atoms with van der Waals surface area (Å²) in [4.78, 5) is 28.3. The van der Waals surface area contributed by atoms with Crippen LogP contribution in [0.2, 0.25) is 5.02 Å². The first-order valence-corrected chi connectivity index (χ1v) is 12.6. The van der Waals surface area contributed by atoms with Crippen molar-refractivity contribution < 1.29 is 18.0 Å². The van der Waals surface area contributed by atoms with Gasteiger partial charge in [-0.25, -0.2) is 8.42 Å². The molecular formula is C21H26ClN3O4S2. The van der Waals surface area contributed by atoms with E-state index in [4.69, 9.17) is 11.6 Å². The number of amides is 2. The van der Waals surface area contributed by atoms with Crippen LogP contribution in [0.3, 0.4) is 0 Å².